The molecule has 3 aromatic carbocycles. The lowest BCUT2D eigenvalue weighted by Crippen LogP contribution is -2.10. The lowest BCUT2D eigenvalue weighted by Gasteiger charge is -2.21. The molecule has 6 nitrogen and oxygen atoms in total. The molecule has 0 aliphatic heterocycles. The molecule has 0 spiro atoms. The average molecular weight is 452 g/mol. The van der Waals surface area contributed by atoms with Gasteiger partial charge in [-0.3, -0.25) is 5.09 Å². The Hall–Kier alpha value is -2.66. The summed E-state index contributed by atoms with van der Waals surface area (Å²) in [4.78, 5) is 11.6. The van der Waals surface area contributed by atoms with Crippen LogP contribution in [-0.2, 0) is 9.30 Å². The van der Waals surface area contributed by atoms with Gasteiger partial charge in [-0.2, -0.15) is 0 Å². The van der Waals surface area contributed by atoms with E-state index in [9.17, 15) is 9.36 Å². The number of carbonyl (C=O) groups excluding carboxylic acids is 1. The van der Waals surface area contributed by atoms with Crippen LogP contribution in [0.1, 0.15) is 10.4 Å². The predicted octanol–water partition coefficient (Wildman–Crippen LogP) is 6.46. The van der Waals surface area contributed by atoms with Crippen LogP contribution in [0.25, 0.3) is 0 Å². The second kappa shape index (κ2) is 9.23. The molecule has 3 aromatic rings. The molecule has 9 heteroatoms. The van der Waals surface area contributed by atoms with Crippen molar-refractivity contribution in [3.8, 4) is 11.5 Å². The number of halogens is 2. The normalized spacial score (nSPS) is 10.9. The van der Waals surface area contributed by atoms with E-state index >= 15 is 0 Å². The summed E-state index contributed by atoms with van der Waals surface area (Å²) in [5.74, 6) is 0.116. The number of rotatable bonds is 7. The van der Waals surface area contributed by atoms with E-state index in [0.29, 0.717) is 32.8 Å². The molecule has 29 heavy (non-hydrogen) atoms. The molecule has 0 saturated heterocycles. The Balaban J connectivity index is 1.86. The zero-order chi connectivity index (χ0) is 20.9. The maximum Gasteiger partial charge on any atom is 0.541 e. The molecule has 0 atom stereocenters. The zero-order valence-corrected chi connectivity index (χ0v) is 17.6. The van der Waals surface area contributed by atoms with Gasteiger partial charge in [0, 0.05) is 15.7 Å². The minimum absolute atomic E-state index is 0.297. The number of methoxy groups -OCH3 is 1. The van der Waals surface area contributed by atoms with E-state index in [4.69, 9.17) is 32.2 Å². The minimum Gasteiger partial charge on any atom is -0.465 e. The van der Waals surface area contributed by atoms with Crippen molar-refractivity contribution in [3.63, 3.8) is 0 Å². The fraction of sp³-hybridized carbons (Fsp3) is 0.0500. The van der Waals surface area contributed by atoms with Crippen LogP contribution in [-0.4, -0.2) is 13.1 Å². The van der Waals surface area contributed by atoms with E-state index in [0.717, 1.165) is 0 Å². The summed E-state index contributed by atoms with van der Waals surface area (Å²) >= 11 is 11.8. The molecule has 0 aliphatic carbocycles. The van der Waals surface area contributed by atoms with Crippen molar-refractivity contribution in [2.24, 2.45) is 0 Å². The quantitative estimate of drug-likeness (QED) is 0.328. The minimum atomic E-state index is -3.91. The molecule has 0 heterocycles. The van der Waals surface area contributed by atoms with E-state index in [1.807, 2.05) is 0 Å². The van der Waals surface area contributed by atoms with Crippen LogP contribution in [0, 0.1) is 0 Å². The number of nitrogens with one attached hydrogen (secondary N) is 1. The van der Waals surface area contributed by atoms with Gasteiger partial charge >= 0.3 is 13.7 Å². The monoisotopic (exact) mass is 451 g/mol. The molecule has 0 amide bonds. The molecule has 3 rings (SSSR count). The summed E-state index contributed by atoms with van der Waals surface area (Å²) in [5.41, 5.74) is 0.772. The third kappa shape index (κ3) is 5.91. The Labute approximate surface area is 177 Å². The molecule has 0 aromatic heterocycles. The second-order valence-corrected chi connectivity index (χ2v) is 8.23. The summed E-state index contributed by atoms with van der Waals surface area (Å²) in [6.45, 7) is 0. The first-order chi connectivity index (χ1) is 13.9. The van der Waals surface area contributed by atoms with E-state index in [1.165, 1.54) is 19.2 Å². The highest BCUT2D eigenvalue weighted by atomic mass is 35.5. The molecular weight excluding hydrogens is 436 g/mol. The van der Waals surface area contributed by atoms with Crippen LogP contribution in [0.5, 0.6) is 11.5 Å². The molecule has 150 valence electrons. The lowest BCUT2D eigenvalue weighted by molar-refractivity contribution is 0.0600. The van der Waals surface area contributed by atoms with Gasteiger partial charge in [-0.25, -0.2) is 9.36 Å². The van der Waals surface area contributed by atoms with Gasteiger partial charge in [0.2, 0.25) is 0 Å². The first-order valence-electron chi connectivity index (χ1n) is 8.34. The number of anilines is 1. The predicted molar refractivity (Wildman–Crippen MR) is 113 cm³/mol. The van der Waals surface area contributed by atoms with Gasteiger partial charge < -0.3 is 13.8 Å². The van der Waals surface area contributed by atoms with Crippen LogP contribution in [0.3, 0.4) is 0 Å². The highest BCUT2D eigenvalue weighted by Crippen LogP contribution is 2.48. The van der Waals surface area contributed by atoms with E-state index in [2.05, 4.69) is 9.82 Å². The topological polar surface area (TPSA) is 73.9 Å². The first-order valence-corrected chi connectivity index (χ1v) is 10.6. The van der Waals surface area contributed by atoms with Gasteiger partial charge in [-0.15, -0.1) is 0 Å². The van der Waals surface area contributed by atoms with Crippen molar-refractivity contribution in [3.05, 3.63) is 88.4 Å². The zero-order valence-electron chi connectivity index (χ0n) is 15.2. The Kier molecular flexibility index (Phi) is 6.70. The molecule has 0 aliphatic rings. The van der Waals surface area contributed by atoms with Crippen LogP contribution < -0.4 is 14.1 Å². The van der Waals surface area contributed by atoms with Crippen LogP contribution in [0.15, 0.2) is 72.8 Å². The second-order valence-electron chi connectivity index (χ2n) is 5.77. The van der Waals surface area contributed by atoms with Crippen molar-refractivity contribution >= 4 is 42.6 Å². The molecule has 1 N–H and O–H groups in total. The van der Waals surface area contributed by atoms with Gasteiger partial charge in [0.1, 0.15) is 11.5 Å². The lowest BCUT2D eigenvalue weighted by atomic mass is 10.2. The summed E-state index contributed by atoms with van der Waals surface area (Å²) < 4.78 is 29.4. The van der Waals surface area contributed by atoms with Gasteiger partial charge in [0.05, 0.1) is 12.7 Å². The fourth-order valence-corrected chi connectivity index (χ4v) is 3.93. The van der Waals surface area contributed by atoms with Crippen molar-refractivity contribution in [1.82, 2.24) is 0 Å². The Morgan fingerprint density at radius 3 is 1.66 bits per heavy atom. The fourth-order valence-electron chi connectivity index (χ4n) is 2.29. The third-order valence-corrected chi connectivity index (χ3v) is 5.59. The molecule has 0 saturated carbocycles. The van der Waals surface area contributed by atoms with Crippen LogP contribution in [0.2, 0.25) is 10.0 Å². The smallest absolute Gasteiger partial charge is 0.465 e. The van der Waals surface area contributed by atoms with Gasteiger partial charge in [-0.1, -0.05) is 23.2 Å². The number of hydrogen-bond donors (Lipinski definition) is 1. The van der Waals surface area contributed by atoms with Gasteiger partial charge in [-0.05, 0) is 72.8 Å². The Bertz CT molecular complexity index is 973. The average Bonchev–Trinajstić information content (AvgIpc) is 2.71. The van der Waals surface area contributed by atoms with E-state index < -0.39 is 13.7 Å². The summed E-state index contributed by atoms with van der Waals surface area (Å²) in [6.07, 6.45) is 0. The van der Waals surface area contributed by atoms with Crippen molar-refractivity contribution in [2.45, 2.75) is 0 Å². The molecule has 0 unspecified atom stereocenters. The first kappa shape index (κ1) is 21.1. The number of esters is 1. The summed E-state index contributed by atoms with van der Waals surface area (Å²) in [5, 5.41) is 3.78. The highest BCUT2D eigenvalue weighted by molar-refractivity contribution is 7.56. The number of benzene rings is 3. The molecular formula is C20H16Cl2NO5P. The number of hydrogen-bond acceptors (Lipinski definition) is 5. The third-order valence-electron chi connectivity index (χ3n) is 3.65. The summed E-state index contributed by atoms with van der Waals surface area (Å²) in [6, 6.07) is 18.9. The van der Waals surface area contributed by atoms with Crippen molar-refractivity contribution in [2.75, 3.05) is 12.2 Å². The molecule has 0 radical (unpaired) electrons. The maximum atomic E-state index is 13.5. The number of carbonyl (C=O) groups is 1. The number of ether oxygens (including phenoxy) is 1. The van der Waals surface area contributed by atoms with E-state index in [-0.39, 0.29) is 0 Å². The largest absolute Gasteiger partial charge is 0.541 e. The van der Waals surface area contributed by atoms with E-state index in [1.54, 1.807) is 60.7 Å². The standard InChI is InChI=1S/C20H16Cl2NO5P/c1-26-20(24)14-2-8-17(9-3-14)23-29(25,27-18-10-4-15(21)5-11-18)28-19-12-6-16(22)7-13-19/h2-13H,1H3,(H,23,25). The molecule has 0 fully saturated rings. The van der Waals surface area contributed by atoms with Crippen molar-refractivity contribution in [1.29, 1.82) is 0 Å². The summed E-state index contributed by atoms with van der Waals surface area (Å²) in [7, 11) is -2.62. The Morgan fingerprint density at radius 2 is 1.24 bits per heavy atom. The van der Waals surface area contributed by atoms with Crippen LogP contribution >= 0.6 is 30.9 Å². The highest BCUT2D eigenvalue weighted by Gasteiger charge is 2.29. The maximum absolute atomic E-state index is 13.5. The molecule has 0 bridgehead atoms. The van der Waals surface area contributed by atoms with Crippen LogP contribution in [0.4, 0.5) is 5.69 Å². The van der Waals surface area contributed by atoms with Gasteiger partial charge in [0.25, 0.3) is 0 Å². The Morgan fingerprint density at radius 1 is 0.793 bits per heavy atom. The SMILES string of the molecule is COC(=O)c1ccc(NP(=O)(Oc2ccc(Cl)cc2)Oc2ccc(Cl)cc2)cc1. The van der Waals surface area contributed by atoms with Crippen molar-refractivity contribution < 1.29 is 23.1 Å². The van der Waals surface area contributed by atoms with Gasteiger partial charge in [0.15, 0.2) is 0 Å².